The molecule has 6 heteroatoms. The molecule has 19 heavy (non-hydrogen) atoms. The van der Waals surface area contributed by atoms with Crippen molar-refractivity contribution in [3.63, 3.8) is 0 Å². The molecular formula is C13H22N2O4. The lowest BCUT2D eigenvalue weighted by atomic mass is 10.2. The highest BCUT2D eigenvalue weighted by molar-refractivity contribution is 5.82. The number of nitrogens with one attached hydrogen (secondary N) is 2. The Labute approximate surface area is 113 Å². The Morgan fingerprint density at radius 3 is 2.21 bits per heavy atom. The summed E-state index contributed by atoms with van der Waals surface area (Å²) in [6, 6.07) is -0.109. The third-order valence-corrected chi connectivity index (χ3v) is 3.42. The first-order valence-electron chi connectivity index (χ1n) is 6.98. The summed E-state index contributed by atoms with van der Waals surface area (Å²) in [4.78, 5) is 23.5. The van der Waals surface area contributed by atoms with Crippen molar-refractivity contribution >= 4 is 11.8 Å². The number of rotatable bonds is 5. The van der Waals surface area contributed by atoms with E-state index in [0.717, 1.165) is 25.7 Å². The molecule has 3 atom stereocenters. The standard InChI is InChI=1S/C13H22N2O4/c1-9(15-13(17)11-5-3-7-19-11)8-14-12(16)10-4-2-6-18-10/h9-11H,2-8H2,1H3,(H,14,16)(H,15,17)/t9-,10+,11-/m0/s1. The second kappa shape index (κ2) is 6.86. The molecule has 108 valence electrons. The second-order valence-electron chi connectivity index (χ2n) is 5.16. The van der Waals surface area contributed by atoms with Crippen LogP contribution >= 0.6 is 0 Å². The maximum absolute atomic E-state index is 11.8. The first-order chi connectivity index (χ1) is 9.16. The van der Waals surface area contributed by atoms with Crippen LogP contribution in [0.3, 0.4) is 0 Å². The summed E-state index contributed by atoms with van der Waals surface area (Å²) in [5, 5.41) is 5.65. The summed E-state index contributed by atoms with van der Waals surface area (Å²) in [5.41, 5.74) is 0. The van der Waals surface area contributed by atoms with Crippen molar-refractivity contribution in [1.82, 2.24) is 10.6 Å². The van der Waals surface area contributed by atoms with E-state index in [1.807, 2.05) is 6.92 Å². The van der Waals surface area contributed by atoms with Crippen LogP contribution in [0.1, 0.15) is 32.6 Å². The fourth-order valence-corrected chi connectivity index (χ4v) is 2.32. The van der Waals surface area contributed by atoms with E-state index in [9.17, 15) is 9.59 Å². The third kappa shape index (κ3) is 4.18. The largest absolute Gasteiger partial charge is 0.368 e. The predicted octanol–water partition coefficient (Wildman–Crippen LogP) is -0.0347. The Kier molecular flexibility index (Phi) is 5.15. The van der Waals surface area contributed by atoms with Gasteiger partial charge in [-0.05, 0) is 32.6 Å². The van der Waals surface area contributed by atoms with Gasteiger partial charge in [0.05, 0.1) is 0 Å². The van der Waals surface area contributed by atoms with Crippen molar-refractivity contribution in [2.75, 3.05) is 19.8 Å². The van der Waals surface area contributed by atoms with Crippen molar-refractivity contribution in [2.45, 2.75) is 50.9 Å². The molecule has 0 aromatic heterocycles. The average Bonchev–Trinajstić information content (AvgIpc) is 3.07. The smallest absolute Gasteiger partial charge is 0.249 e. The SMILES string of the molecule is C[C@@H](CNC(=O)[C@H]1CCCO1)NC(=O)[C@@H]1CCCO1. The van der Waals surface area contributed by atoms with Gasteiger partial charge in [-0.25, -0.2) is 0 Å². The molecule has 2 aliphatic rings. The normalized spacial score (nSPS) is 28.1. The van der Waals surface area contributed by atoms with Crippen molar-refractivity contribution in [1.29, 1.82) is 0 Å². The van der Waals surface area contributed by atoms with Crippen molar-refractivity contribution < 1.29 is 19.1 Å². The van der Waals surface area contributed by atoms with Gasteiger partial charge in [0.25, 0.3) is 0 Å². The summed E-state index contributed by atoms with van der Waals surface area (Å²) >= 11 is 0. The molecule has 0 radical (unpaired) electrons. The molecule has 0 bridgehead atoms. The number of ether oxygens (including phenoxy) is 2. The molecule has 2 rings (SSSR count). The van der Waals surface area contributed by atoms with E-state index in [4.69, 9.17) is 9.47 Å². The molecule has 0 unspecified atom stereocenters. The lowest BCUT2D eigenvalue weighted by Gasteiger charge is -2.18. The zero-order chi connectivity index (χ0) is 13.7. The first kappa shape index (κ1) is 14.3. The number of amides is 2. The molecule has 6 nitrogen and oxygen atoms in total. The monoisotopic (exact) mass is 270 g/mol. The minimum Gasteiger partial charge on any atom is -0.368 e. The Morgan fingerprint density at radius 2 is 1.68 bits per heavy atom. The molecule has 0 aromatic rings. The third-order valence-electron chi connectivity index (χ3n) is 3.42. The van der Waals surface area contributed by atoms with E-state index in [1.165, 1.54) is 0 Å². The summed E-state index contributed by atoms with van der Waals surface area (Å²) in [5.74, 6) is -0.174. The van der Waals surface area contributed by atoms with Crippen molar-refractivity contribution in [2.24, 2.45) is 0 Å². The second-order valence-corrected chi connectivity index (χ2v) is 5.16. The number of carbonyl (C=O) groups excluding carboxylic acids is 2. The Balaban J connectivity index is 1.64. The van der Waals surface area contributed by atoms with Crippen LogP contribution in [0.2, 0.25) is 0 Å². The molecule has 2 amide bonds. The number of hydrogen-bond donors (Lipinski definition) is 2. The Morgan fingerprint density at radius 1 is 1.11 bits per heavy atom. The van der Waals surface area contributed by atoms with E-state index in [0.29, 0.717) is 19.8 Å². The van der Waals surface area contributed by atoms with Gasteiger partial charge in [-0.15, -0.1) is 0 Å². The average molecular weight is 270 g/mol. The minimum atomic E-state index is -0.323. The zero-order valence-corrected chi connectivity index (χ0v) is 11.3. The summed E-state index contributed by atoms with van der Waals surface area (Å²) < 4.78 is 10.6. The van der Waals surface area contributed by atoms with E-state index >= 15 is 0 Å². The molecule has 0 spiro atoms. The fourth-order valence-electron chi connectivity index (χ4n) is 2.32. The van der Waals surface area contributed by atoms with Gasteiger partial charge in [-0.3, -0.25) is 9.59 Å². The molecule has 2 heterocycles. The van der Waals surface area contributed by atoms with Crippen molar-refractivity contribution in [3.05, 3.63) is 0 Å². The minimum absolute atomic E-state index is 0.0867. The maximum Gasteiger partial charge on any atom is 0.249 e. The zero-order valence-electron chi connectivity index (χ0n) is 11.3. The van der Waals surface area contributed by atoms with Crippen LogP contribution in [0.25, 0.3) is 0 Å². The van der Waals surface area contributed by atoms with Gasteiger partial charge in [0.2, 0.25) is 11.8 Å². The molecule has 2 aliphatic heterocycles. The van der Waals surface area contributed by atoms with Crippen LogP contribution in [0.5, 0.6) is 0 Å². The molecule has 0 aromatic carbocycles. The highest BCUT2D eigenvalue weighted by Gasteiger charge is 2.26. The molecule has 0 aliphatic carbocycles. The fraction of sp³-hybridized carbons (Fsp3) is 0.846. The van der Waals surface area contributed by atoms with Gasteiger partial charge in [0, 0.05) is 25.8 Å². The van der Waals surface area contributed by atoms with Crippen LogP contribution in [0, 0.1) is 0 Å². The lowest BCUT2D eigenvalue weighted by molar-refractivity contribution is -0.132. The number of hydrogen-bond acceptors (Lipinski definition) is 4. The maximum atomic E-state index is 11.8. The molecule has 2 fully saturated rings. The van der Waals surface area contributed by atoms with Gasteiger partial charge in [0.15, 0.2) is 0 Å². The first-order valence-corrected chi connectivity index (χ1v) is 6.98. The lowest BCUT2D eigenvalue weighted by Crippen LogP contribution is -2.47. The Bertz CT molecular complexity index is 323. The van der Waals surface area contributed by atoms with Gasteiger partial charge in [0.1, 0.15) is 12.2 Å². The van der Waals surface area contributed by atoms with E-state index in [-0.39, 0.29) is 30.1 Å². The van der Waals surface area contributed by atoms with Gasteiger partial charge in [-0.1, -0.05) is 0 Å². The summed E-state index contributed by atoms with van der Waals surface area (Å²) in [6.07, 6.45) is 2.78. The van der Waals surface area contributed by atoms with Crippen LogP contribution in [-0.2, 0) is 19.1 Å². The highest BCUT2D eigenvalue weighted by Crippen LogP contribution is 2.12. The topological polar surface area (TPSA) is 76.7 Å². The molecule has 0 saturated carbocycles. The highest BCUT2D eigenvalue weighted by atomic mass is 16.5. The molecule has 2 N–H and O–H groups in total. The quantitative estimate of drug-likeness (QED) is 0.735. The van der Waals surface area contributed by atoms with Gasteiger partial charge < -0.3 is 20.1 Å². The van der Waals surface area contributed by atoms with Gasteiger partial charge in [-0.2, -0.15) is 0 Å². The van der Waals surface area contributed by atoms with Gasteiger partial charge >= 0.3 is 0 Å². The van der Waals surface area contributed by atoms with Crippen molar-refractivity contribution in [3.8, 4) is 0 Å². The summed E-state index contributed by atoms with van der Waals surface area (Å²) in [6.45, 7) is 3.59. The molecule has 2 saturated heterocycles. The van der Waals surface area contributed by atoms with Crippen LogP contribution in [-0.4, -0.2) is 49.8 Å². The number of carbonyl (C=O) groups is 2. The predicted molar refractivity (Wildman–Crippen MR) is 68.6 cm³/mol. The van der Waals surface area contributed by atoms with Crippen LogP contribution in [0.15, 0.2) is 0 Å². The van der Waals surface area contributed by atoms with E-state index in [1.54, 1.807) is 0 Å². The van der Waals surface area contributed by atoms with Crippen LogP contribution in [0.4, 0.5) is 0 Å². The Hall–Kier alpha value is -1.14. The molecular weight excluding hydrogens is 248 g/mol. The summed E-state index contributed by atoms with van der Waals surface area (Å²) in [7, 11) is 0. The van der Waals surface area contributed by atoms with E-state index < -0.39 is 0 Å². The van der Waals surface area contributed by atoms with E-state index in [2.05, 4.69) is 10.6 Å². The van der Waals surface area contributed by atoms with Crippen LogP contribution < -0.4 is 10.6 Å².